The Balaban J connectivity index is 0.000000145. The molecule has 1 aliphatic heterocycles. The minimum Gasteiger partial charge on any atom is -0.316 e. The van der Waals surface area contributed by atoms with Gasteiger partial charge in [-0.2, -0.15) is 8.42 Å². The molecule has 2 N–H and O–H groups in total. The molecule has 2 aromatic carbocycles. The van der Waals surface area contributed by atoms with Crippen LogP contribution in [0.15, 0.2) is 53.7 Å². The van der Waals surface area contributed by atoms with Crippen molar-refractivity contribution in [3.63, 3.8) is 0 Å². The molecule has 27 heavy (non-hydrogen) atoms. The third-order valence-electron chi connectivity index (χ3n) is 5.22. The van der Waals surface area contributed by atoms with Gasteiger partial charge in [0.2, 0.25) is 0 Å². The molecule has 0 amide bonds. The zero-order chi connectivity index (χ0) is 19.0. The van der Waals surface area contributed by atoms with Gasteiger partial charge in [-0.05, 0) is 60.6 Å². The smallest absolute Gasteiger partial charge is 0.294 e. The van der Waals surface area contributed by atoms with Gasteiger partial charge >= 0.3 is 0 Å². The molecule has 0 saturated carbocycles. The van der Waals surface area contributed by atoms with Crippen LogP contribution in [0, 0.1) is 6.92 Å². The third-order valence-corrected chi connectivity index (χ3v) is 6.09. The van der Waals surface area contributed by atoms with E-state index >= 15 is 0 Å². The summed E-state index contributed by atoms with van der Waals surface area (Å²) >= 11 is 0. The summed E-state index contributed by atoms with van der Waals surface area (Å²) in [6, 6.07) is 10.5. The number of nitrogens with one attached hydrogen (secondary N) is 1. The van der Waals surface area contributed by atoms with E-state index in [9.17, 15) is 8.42 Å². The number of rotatable bonds is 1. The van der Waals surface area contributed by atoms with Crippen LogP contribution in [0.3, 0.4) is 0 Å². The standard InChI is InChI=1S/C13H13N3.C7H8O3S/c1-2-16-13-5-11-9-3-8(6-14-7-9)10(11)4-12(13)15-1;1-6-2-4-7(5-3-6)11(8,9)10/h1-2,4-5,8-9,14H,3,6-7H2;2-5H,1H3,(H,8,9,10). The van der Waals surface area contributed by atoms with Crippen LogP contribution in [0.5, 0.6) is 0 Å². The number of fused-ring (bicyclic) bond motifs is 6. The maximum atomic E-state index is 10.5. The fraction of sp³-hybridized carbons (Fsp3) is 0.300. The second-order valence-corrected chi connectivity index (χ2v) is 8.52. The van der Waals surface area contributed by atoms with Crippen LogP contribution in [0.25, 0.3) is 11.0 Å². The van der Waals surface area contributed by atoms with E-state index < -0.39 is 10.1 Å². The Kier molecular flexibility index (Phi) is 4.67. The summed E-state index contributed by atoms with van der Waals surface area (Å²) in [7, 11) is -4.02. The van der Waals surface area contributed by atoms with Crippen molar-refractivity contribution in [1.82, 2.24) is 15.3 Å². The predicted molar refractivity (Wildman–Crippen MR) is 104 cm³/mol. The lowest BCUT2D eigenvalue weighted by Gasteiger charge is -2.19. The highest BCUT2D eigenvalue weighted by molar-refractivity contribution is 7.85. The van der Waals surface area contributed by atoms with Gasteiger partial charge in [0, 0.05) is 25.5 Å². The van der Waals surface area contributed by atoms with Gasteiger partial charge in [-0.1, -0.05) is 17.7 Å². The van der Waals surface area contributed by atoms with E-state index in [1.54, 1.807) is 24.5 Å². The Morgan fingerprint density at radius 3 is 1.96 bits per heavy atom. The fourth-order valence-electron chi connectivity index (χ4n) is 3.88. The number of hydrogen-bond donors (Lipinski definition) is 2. The van der Waals surface area contributed by atoms with Gasteiger partial charge in [0.25, 0.3) is 10.1 Å². The van der Waals surface area contributed by atoms with Crippen LogP contribution >= 0.6 is 0 Å². The quantitative estimate of drug-likeness (QED) is 0.628. The lowest BCUT2D eigenvalue weighted by molar-refractivity contribution is 0.454. The van der Waals surface area contributed by atoms with Crippen molar-refractivity contribution in [2.24, 2.45) is 0 Å². The average Bonchev–Trinajstić information content (AvgIpc) is 2.90. The van der Waals surface area contributed by atoms with Crippen molar-refractivity contribution in [3.8, 4) is 0 Å². The van der Waals surface area contributed by atoms with Gasteiger partial charge in [0.15, 0.2) is 0 Å². The maximum absolute atomic E-state index is 10.5. The van der Waals surface area contributed by atoms with Gasteiger partial charge in [-0.3, -0.25) is 14.5 Å². The summed E-state index contributed by atoms with van der Waals surface area (Å²) < 4.78 is 29.6. The monoisotopic (exact) mass is 383 g/mol. The summed E-state index contributed by atoms with van der Waals surface area (Å²) in [4.78, 5) is 8.71. The normalized spacial score (nSPS) is 20.7. The predicted octanol–water partition coefficient (Wildman–Crippen LogP) is 3.05. The van der Waals surface area contributed by atoms with Gasteiger partial charge in [-0.25, -0.2) is 0 Å². The topological polar surface area (TPSA) is 92.2 Å². The molecule has 140 valence electrons. The molecule has 7 heteroatoms. The van der Waals surface area contributed by atoms with Crippen molar-refractivity contribution in [3.05, 3.63) is 65.5 Å². The molecular weight excluding hydrogens is 362 g/mol. The molecule has 2 atom stereocenters. The first-order valence-electron chi connectivity index (χ1n) is 8.91. The summed E-state index contributed by atoms with van der Waals surface area (Å²) in [5.41, 5.74) is 6.03. The van der Waals surface area contributed by atoms with Crippen LogP contribution in [-0.4, -0.2) is 36.0 Å². The summed E-state index contributed by atoms with van der Waals surface area (Å²) in [5.74, 6) is 1.39. The Bertz CT molecular complexity index is 1030. The van der Waals surface area contributed by atoms with E-state index in [1.807, 2.05) is 6.92 Å². The number of nitrogens with zero attached hydrogens (tertiary/aromatic N) is 2. The van der Waals surface area contributed by atoms with E-state index in [1.165, 1.54) is 29.7 Å². The second-order valence-electron chi connectivity index (χ2n) is 7.10. The van der Waals surface area contributed by atoms with Gasteiger partial charge < -0.3 is 5.32 Å². The molecule has 1 aliphatic carbocycles. The number of benzene rings is 2. The average molecular weight is 383 g/mol. The van der Waals surface area contributed by atoms with Crippen LogP contribution in [0.2, 0.25) is 0 Å². The van der Waals surface area contributed by atoms with E-state index in [-0.39, 0.29) is 4.90 Å². The maximum Gasteiger partial charge on any atom is 0.294 e. The molecule has 2 bridgehead atoms. The first kappa shape index (κ1) is 18.0. The largest absolute Gasteiger partial charge is 0.316 e. The minimum atomic E-state index is -4.02. The van der Waals surface area contributed by atoms with E-state index in [4.69, 9.17) is 4.55 Å². The molecule has 0 spiro atoms. The third kappa shape index (κ3) is 3.71. The molecule has 1 aromatic heterocycles. The Hall–Kier alpha value is -2.35. The van der Waals surface area contributed by atoms with Crippen LogP contribution < -0.4 is 5.32 Å². The second kappa shape index (κ2) is 6.99. The van der Waals surface area contributed by atoms with Gasteiger partial charge in [0.1, 0.15) is 0 Å². The molecule has 3 aromatic rings. The lowest BCUT2D eigenvalue weighted by Crippen LogP contribution is -2.28. The molecule has 2 unspecified atom stereocenters. The van der Waals surface area contributed by atoms with Crippen molar-refractivity contribution >= 4 is 21.2 Å². The van der Waals surface area contributed by atoms with E-state index in [0.29, 0.717) is 11.8 Å². The summed E-state index contributed by atoms with van der Waals surface area (Å²) in [6.45, 7) is 4.08. The highest BCUT2D eigenvalue weighted by Crippen LogP contribution is 2.44. The van der Waals surface area contributed by atoms with E-state index in [2.05, 4.69) is 27.4 Å². The lowest BCUT2D eigenvalue weighted by atomic mass is 9.98. The summed E-state index contributed by atoms with van der Waals surface area (Å²) in [6.07, 6.45) is 4.85. The molecule has 5 rings (SSSR count). The Morgan fingerprint density at radius 1 is 0.963 bits per heavy atom. The molecule has 6 nitrogen and oxygen atoms in total. The highest BCUT2D eigenvalue weighted by Gasteiger charge is 2.34. The fourth-order valence-corrected chi connectivity index (χ4v) is 4.36. The highest BCUT2D eigenvalue weighted by atomic mass is 32.2. The van der Waals surface area contributed by atoms with Crippen molar-refractivity contribution in [2.45, 2.75) is 30.1 Å². The van der Waals surface area contributed by atoms with Gasteiger partial charge in [-0.15, -0.1) is 0 Å². The summed E-state index contributed by atoms with van der Waals surface area (Å²) in [5, 5.41) is 3.51. The Labute approximate surface area is 158 Å². The zero-order valence-electron chi connectivity index (χ0n) is 15.0. The Morgan fingerprint density at radius 2 is 1.48 bits per heavy atom. The molecular formula is C20H21N3O3S. The number of aryl methyl sites for hydroxylation is 1. The van der Waals surface area contributed by atoms with Crippen molar-refractivity contribution in [2.75, 3.05) is 13.1 Å². The minimum absolute atomic E-state index is 0.0666. The van der Waals surface area contributed by atoms with E-state index in [0.717, 1.165) is 29.7 Å². The molecule has 1 fully saturated rings. The molecule has 1 saturated heterocycles. The zero-order valence-corrected chi connectivity index (χ0v) is 15.8. The molecule has 2 aliphatic rings. The first-order chi connectivity index (χ1) is 12.9. The van der Waals surface area contributed by atoms with Crippen LogP contribution in [0.1, 0.15) is 34.9 Å². The molecule has 0 radical (unpaired) electrons. The SMILES string of the molecule is Cc1ccc(S(=O)(=O)O)cc1.c1cnc2cc3c(cc2n1)C1CNCC3C1. The number of hydrogen-bond acceptors (Lipinski definition) is 5. The van der Waals surface area contributed by atoms with Crippen LogP contribution in [0.4, 0.5) is 0 Å². The molecule has 2 heterocycles. The van der Waals surface area contributed by atoms with Crippen molar-refractivity contribution < 1.29 is 13.0 Å². The van der Waals surface area contributed by atoms with Gasteiger partial charge in [0.05, 0.1) is 15.9 Å². The number of piperidine rings is 1. The number of aromatic nitrogens is 2. The first-order valence-corrected chi connectivity index (χ1v) is 10.4. The van der Waals surface area contributed by atoms with Crippen LogP contribution in [-0.2, 0) is 10.1 Å². The van der Waals surface area contributed by atoms with Crippen molar-refractivity contribution in [1.29, 1.82) is 0 Å².